The zero-order valence-electron chi connectivity index (χ0n) is 19.5. The van der Waals surface area contributed by atoms with Crippen LogP contribution in [-0.2, 0) is 11.6 Å². The van der Waals surface area contributed by atoms with E-state index in [1.165, 1.54) is 48.2 Å². The normalized spacial score (nSPS) is 21.0. The van der Waals surface area contributed by atoms with Crippen LogP contribution < -0.4 is 11.1 Å². The van der Waals surface area contributed by atoms with Crippen molar-refractivity contribution in [3.05, 3.63) is 58.3 Å². The summed E-state index contributed by atoms with van der Waals surface area (Å²) in [6, 6.07) is 3.62. The van der Waals surface area contributed by atoms with Gasteiger partial charge in [-0.15, -0.1) is 0 Å². The number of benzene rings is 1. The molecule has 0 saturated heterocycles. The first-order chi connectivity index (χ1) is 16.9. The van der Waals surface area contributed by atoms with Crippen LogP contribution in [-0.4, -0.2) is 46.2 Å². The van der Waals surface area contributed by atoms with Gasteiger partial charge in [0.1, 0.15) is 11.6 Å². The first kappa shape index (κ1) is 24.4. The number of anilines is 2. The topological polar surface area (TPSA) is 89.1 Å². The van der Waals surface area contributed by atoms with E-state index >= 15 is 4.39 Å². The molecule has 2 unspecified atom stereocenters. The Morgan fingerprint density at radius 3 is 2.69 bits per heavy atom. The molecule has 1 fully saturated rings. The van der Waals surface area contributed by atoms with Crippen LogP contribution in [0.2, 0.25) is 5.02 Å². The third kappa shape index (κ3) is 3.76. The fraction of sp³-hybridized carbons (Fsp3) is 0.375. The fourth-order valence-electron chi connectivity index (χ4n) is 5.28. The molecule has 3 N–H and O–H groups in total. The molecule has 2 aliphatic rings. The number of pyridine rings is 1. The third-order valence-electron chi connectivity index (χ3n) is 7.08. The van der Waals surface area contributed by atoms with Crippen LogP contribution in [0.5, 0.6) is 0 Å². The Kier molecular flexibility index (Phi) is 5.66. The number of carbonyl (C=O) groups excluding carboxylic acids is 1. The number of alkyl halides is 3. The highest BCUT2D eigenvalue weighted by atomic mass is 35.5. The molecule has 2 atom stereocenters. The van der Waals surface area contributed by atoms with Crippen LogP contribution in [0.1, 0.15) is 46.9 Å². The second-order valence-corrected chi connectivity index (χ2v) is 9.89. The summed E-state index contributed by atoms with van der Waals surface area (Å²) in [5.74, 6) is -0.814. The molecule has 1 spiro atoms. The number of aromatic nitrogens is 3. The Hall–Kier alpha value is -3.34. The third-order valence-corrected chi connectivity index (χ3v) is 7.47. The van der Waals surface area contributed by atoms with E-state index in [1.807, 2.05) is 0 Å². The van der Waals surface area contributed by atoms with Crippen molar-refractivity contribution < 1.29 is 22.4 Å². The van der Waals surface area contributed by atoms with Crippen molar-refractivity contribution in [3.63, 3.8) is 0 Å². The quantitative estimate of drug-likeness (QED) is 0.368. The van der Waals surface area contributed by atoms with Crippen molar-refractivity contribution >= 4 is 29.0 Å². The summed E-state index contributed by atoms with van der Waals surface area (Å²) in [6.07, 6.45) is 0.00360. The van der Waals surface area contributed by atoms with E-state index in [0.29, 0.717) is 42.8 Å². The van der Waals surface area contributed by atoms with Gasteiger partial charge in [-0.25, -0.2) is 9.37 Å². The van der Waals surface area contributed by atoms with E-state index in [-0.39, 0.29) is 27.9 Å². The number of hydrogen-bond acceptors (Lipinski definition) is 5. The monoisotopic (exact) mass is 522 g/mol. The lowest BCUT2D eigenvalue weighted by atomic mass is 9.80. The maximum Gasteiger partial charge on any atom is 0.435 e. The maximum absolute atomic E-state index is 15.6. The molecule has 5 rings (SSSR count). The lowest BCUT2D eigenvalue weighted by molar-refractivity contribution is -0.141. The molecule has 2 aromatic heterocycles. The van der Waals surface area contributed by atoms with E-state index in [4.69, 9.17) is 17.3 Å². The predicted octanol–water partition coefficient (Wildman–Crippen LogP) is 5.13. The minimum absolute atomic E-state index is 0.00871. The Bertz CT molecular complexity index is 1370. The predicted molar refractivity (Wildman–Crippen MR) is 127 cm³/mol. The van der Waals surface area contributed by atoms with Gasteiger partial charge in [0, 0.05) is 60.8 Å². The summed E-state index contributed by atoms with van der Waals surface area (Å²) in [5, 5.41) is 7.28. The van der Waals surface area contributed by atoms with Gasteiger partial charge in [0.2, 0.25) is 0 Å². The number of nitrogens with one attached hydrogen (secondary N) is 1. The van der Waals surface area contributed by atoms with Gasteiger partial charge in [-0.3, -0.25) is 9.48 Å². The molecule has 1 aromatic carbocycles. The molecular formula is C24H23ClF4N6O. The van der Waals surface area contributed by atoms with Gasteiger partial charge >= 0.3 is 6.18 Å². The smallest absolute Gasteiger partial charge is 0.398 e. The molecule has 12 heteroatoms. The number of rotatable bonds is 3. The first-order valence-electron chi connectivity index (χ1n) is 11.3. The zero-order valence-corrected chi connectivity index (χ0v) is 20.2. The lowest BCUT2D eigenvalue weighted by Gasteiger charge is -2.25. The molecule has 3 heterocycles. The number of amides is 1. The van der Waals surface area contributed by atoms with Gasteiger partial charge in [0.15, 0.2) is 5.69 Å². The van der Waals surface area contributed by atoms with Crippen LogP contribution in [0.3, 0.4) is 0 Å². The van der Waals surface area contributed by atoms with Gasteiger partial charge < -0.3 is 16.0 Å². The number of nitrogen functional groups attached to an aromatic ring is 1. The zero-order chi connectivity index (χ0) is 26.0. The van der Waals surface area contributed by atoms with Crippen LogP contribution in [0.25, 0.3) is 11.1 Å². The standard InChI is InChI=1S/C24H23ClF4N6O/c1-34(2)22(36)17-15(30)4-3-13(20(17)26)14-10-31-21-18(19(14)25)23(11-32-21)7-5-12(9-23)35-8-6-16(33-35)24(27,28)29/h3-4,6,8,10,12H,5,7,9,11,30H2,1-2H3,(H,31,32). The Morgan fingerprint density at radius 1 is 1.28 bits per heavy atom. The maximum atomic E-state index is 15.6. The van der Waals surface area contributed by atoms with E-state index < -0.39 is 29.0 Å². The summed E-state index contributed by atoms with van der Waals surface area (Å²) in [5.41, 5.74) is 5.33. The summed E-state index contributed by atoms with van der Waals surface area (Å²) in [4.78, 5) is 18.2. The van der Waals surface area contributed by atoms with Crippen LogP contribution >= 0.6 is 11.6 Å². The van der Waals surface area contributed by atoms with Gasteiger partial charge in [-0.1, -0.05) is 11.6 Å². The number of nitrogens with zero attached hydrogens (tertiary/aromatic N) is 4. The number of fused-ring (bicyclic) bond motifs is 2. The van der Waals surface area contributed by atoms with Gasteiger partial charge in [-0.2, -0.15) is 18.3 Å². The van der Waals surface area contributed by atoms with Crippen molar-refractivity contribution in [3.8, 4) is 11.1 Å². The van der Waals surface area contributed by atoms with Gasteiger partial charge in [0.05, 0.1) is 16.6 Å². The first-order valence-corrected chi connectivity index (χ1v) is 11.7. The Morgan fingerprint density at radius 2 is 2.03 bits per heavy atom. The average molecular weight is 523 g/mol. The minimum atomic E-state index is -4.51. The molecule has 190 valence electrons. The van der Waals surface area contributed by atoms with Crippen molar-refractivity contribution in [1.82, 2.24) is 19.7 Å². The Balaban J connectivity index is 1.54. The summed E-state index contributed by atoms with van der Waals surface area (Å²) < 4.78 is 56.1. The molecule has 7 nitrogen and oxygen atoms in total. The molecule has 36 heavy (non-hydrogen) atoms. The van der Waals surface area contributed by atoms with Gasteiger partial charge in [-0.05, 0) is 37.5 Å². The fourth-order valence-corrected chi connectivity index (χ4v) is 5.72. The molecule has 0 radical (unpaired) electrons. The largest absolute Gasteiger partial charge is 0.435 e. The van der Waals surface area contributed by atoms with Crippen molar-refractivity contribution in [2.45, 2.75) is 36.9 Å². The molecule has 1 saturated carbocycles. The molecule has 1 aliphatic carbocycles. The van der Waals surface area contributed by atoms with E-state index in [1.54, 1.807) is 0 Å². The SMILES string of the molecule is CN(C)C(=O)c1c(N)ccc(-c2cnc3c(c2Cl)C2(CCC(n4ccc(C(F)(F)F)n4)C2)CN3)c1F. The second-order valence-electron chi connectivity index (χ2n) is 9.51. The van der Waals surface area contributed by atoms with Crippen molar-refractivity contribution in [2.24, 2.45) is 0 Å². The highest BCUT2D eigenvalue weighted by Gasteiger charge is 2.48. The lowest BCUT2D eigenvalue weighted by Crippen LogP contribution is -2.26. The number of nitrogens with two attached hydrogens (primary N) is 1. The van der Waals surface area contributed by atoms with Gasteiger partial charge in [0.25, 0.3) is 5.91 Å². The summed E-state index contributed by atoms with van der Waals surface area (Å²) in [7, 11) is 3.00. The van der Waals surface area contributed by atoms with E-state index in [2.05, 4.69) is 15.4 Å². The molecule has 1 amide bonds. The number of carbonyl (C=O) groups is 1. The molecule has 3 aromatic rings. The molecule has 1 aliphatic heterocycles. The number of halogens is 5. The van der Waals surface area contributed by atoms with Crippen molar-refractivity contribution in [1.29, 1.82) is 0 Å². The minimum Gasteiger partial charge on any atom is -0.398 e. The second kappa shape index (κ2) is 8.36. The summed E-state index contributed by atoms with van der Waals surface area (Å²) >= 11 is 6.88. The average Bonchev–Trinajstić information content (AvgIpc) is 3.54. The van der Waals surface area contributed by atoms with E-state index in [9.17, 15) is 18.0 Å². The highest BCUT2D eigenvalue weighted by Crippen LogP contribution is 2.54. The van der Waals surface area contributed by atoms with E-state index in [0.717, 1.165) is 6.07 Å². The van der Waals surface area contributed by atoms with Crippen LogP contribution in [0.15, 0.2) is 30.6 Å². The molecular weight excluding hydrogens is 500 g/mol. The Labute approximate surface area is 209 Å². The summed E-state index contributed by atoms with van der Waals surface area (Å²) in [6.45, 7) is 0.497. The highest BCUT2D eigenvalue weighted by molar-refractivity contribution is 6.34. The number of hydrogen-bond donors (Lipinski definition) is 2. The van der Waals surface area contributed by atoms with Crippen LogP contribution in [0.4, 0.5) is 29.1 Å². The molecule has 0 bridgehead atoms. The van der Waals surface area contributed by atoms with Crippen molar-refractivity contribution in [2.75, 3.05) is 31.7 Å². The van der Waals surface area contributed by atoms with Crippen LogP contribution in [0, 0.1) is 5.82 Å².